The van der Waals surface area contributed by atoms with Gasteiger partial charge in [-0.3, -0.25) is 0 Å². The molecule has 0 bridgehead atoms. The van der Waals surface area contributed by atoms with Gasteiger partial charge in [0.25, 0.3) is 0 Å². The molecule has 2 heterocycles. The molecule has 0 amide bonds. The van der Waals surface area contributed by atoms with Crippen molar-refractivity contribution in [2.75, 3.05) is 0 Å². The molecule has 2 aromatic heterocycles. The van der Waals surface area contributed by atoms with Gasteiger partial charge in [-0.15, -0.1) is 16.5 Å². The van der Waals surface area contributed by atoms with Gasteiger partial charge in [-0.2, -0.15) is 5.11 Å². The molecule has 6 heteroatoms. The SMILES string of the molecule is Cc1ccc(CN=Nc2ncc(Cl)cc2Cl)s1. The third kappa shape index (κ3) is 3.49. The minimum Gasteiger partial charge on any atom is -0.233 e. The van der Waals surface area contributed by atoms with E-state index < -0.39 is 0 Å². The summed E-state index contributed by atoms with van der Waals surface area (Å²) >= 11 is 13.4. The van der Waals surface area contributed by atoms with Gasteiger partial charge in [0.15, 0.2) is 5.82 Å². The zero-order valence-corrected chi connectivity index (χ0v) is 11.4. The Hall–Kier alpha value is -0.970. The second-order valence-electron chi connectivity index (χ2n) is 3.37. The predicted octanol–water partition coefficient (Wildman–Crippen LogP) is 5.04. The van der Waals surface area contributed by atoms with Crippen LogP contribution in [0.15, 0.2) is 34.6 Å². The molecule has 0 aliphatic carbocycles. The van der Waals surface area contributed by atoms with Crippen LogP contribution in [0.1, 0.15) is 9.75 Å². The first-order valence-corrected chi connectivity index (χ1v) is 6.46. The highest BCUT2D eigenvalue weighted by molar-refractivity contribution is 7.11. The van der Waals surface area contributed by atoms with Crippen molar-refractivity contribution in [2.24, 2.45) is 10.2 Å². The van der Waals surface area contributed by atoms with E-state index in [1.165, 1.54) is 11.1 Å². The van der Waals surface area contributed by atoms with Crippen LogP contribution in [0.4, 0.5) is 5.82 Å². The Morgan fingerprint density at radius 3 is 2.82 bits per heavy atom. The zero-order chi connectivity index (χ0) is 12.3. The molecule has 88 valence electrons. The summed E-state index contributed by atoms with van der Waals surface area (Å²) in [6.45, 7) is 2.60. The predicted molar refractivity (Wildman–Crippen MR) is 71.5 cm³/mol. The monoisotopic (exact) mass is 285 g/mol. The quantitative estimate of drug-likeness (QED) is 0.728. The first-order chi connectivity index (χ1) is 8.15. The van der Waals surface area contributed by atoms with E-state index in [9.17, 15) is 0 Å². The van der Waals surface area contributed by atoms with E-state index in [1.54, 1.807) is 17.4 Å². The second-order valence-corrected chi connectivity index (χ2v) is 5.59. The highest BCUT2D eigenvalue weighted by Gasteiger charge is 2.01. The molecule has 2 aromatic rings. The molecule has 0 saturated heterocycles. The molecule has 0 aliphatic rings. The summed E-state index contributed by atoms with van der Waals surface area (Å²) in [6, 6.07) is 5.69. The molecule has 0 spiro atoms. The molecule has 0 saturated carbocycles. The van der Waals surface area contributed by atoms with Crippen LogP contribution in [0.25, 0.3) is 0 Å². The third-order valence-corrected chi connectivity index (χ3v) is 3.45. The Kier molecular flexibility index (Phi) is 4.10. The molecule has 0 aliphatic heterocycles. The molecule has 0 aromatic carbocycles. The van der Waals surface area contributed by atoms with Crippen molar-refractivity contribution in [3.05, 3.63) is 44.2 Å². The lowest BCUT2D eigenvalue weighted by Gasteiger charge is -1.95. The number of pyridine rings is 1. The first-order valence-electron chi connectivity index (χ1n) is 4.89. The fraction of sp³-hybridized carbons (Fsp3) is 0.182. The number of nitrogens with zero attached hydrogens (tertiary/aromatic N) is 3. The summed E-state index contributed by atoms with van der Waals surface area (Å²) in [6.07, 6.45) is 1.50. The van der Waals surface area contributed by atoms with Crippen LogP contribution in [-0.4, -0.2) is 4.98 Å². The molecule has 17 heavy (non-hydrogen) atoms. The van der Waals surface area contributed by atoms with Gasteiger partial charge >= 0.3 is 0 Å². The summed E-state index contributed by atoms with van der Waals surface area (Å²) in [5, 5.41) is 8.94. The largest absolute Gasteiger partial charge is 0.233 e. The summed E-state index contributed by atoms with van der Waals surface area (Å²) in [5.41, 5.74) is 0. The van der Waals surface area contributed by atoms with Crippen LogP contribution >= 0.6 is 34.5 Å². The lowest BCUT2D eigenvalue weighted by molar-refractivity contribution is 0.964. The molecule has 3 nitrogen and oxygen atoms in total. The van der Waals surface area contributed by atoms with Gasteiger partial charge in [-0.05, 0) is 25.1 Å². The van der Waals surface area contributed by atoms with Crippen LogP contribution in [0.2, 0.25) is 10.0 Å². The highest BCUT2D eigenvalue weighted by Crippen LogP contribution is 2.25. The van der Waals surface area contributed by atoms with Crippen LogP contribution in [0, 0.1) is 6.92 Å². The maximum atomic E-state index is 5.92. The Morgan fingerprint density at radius 1 is 1.35 bits per heavy atom. The Balaban J connectivity index is 2.05. The van der Waals surface area contributed by atoms with E-state index in [-0.39, 0.29) is 0 Å². The van der Waals surface area contributed by atoms with E-state index >= 15 is 0 Å². The molecular weight excluding hydrogens is 277 g/mol. The lowest BCUT2D eigenvalue weighted by atomic mass is 10.4. The van der Waals surface area contributed by atoms with Crippen LogP contribution in [-0.2, 0) is 6.54 Å². The normalized spacial score (nSPS) is 11.2. The van der Waals surface area contributed by atoms with Gasteiger partial charge in [-0.25, -0.2) is 4.98 Å². The standard InChI is InChI=1S/C11H9Cl2N3S/c1-7-2-3-9(17-7)6-15-16-11-10(13)4-8(12)5-14-11/h2-5H,6H2,1H3. The molecule has 0 unspecified atom stereocenters. The van der Waals surface area contributed by atoms with E-state index in [0.29, 0.717) is 22.4 Å². The minimum absolute atomic E-state index is 0.393. The molecule has 0 radical (unpaired) electrons. The number of hydrogen-bond acceptors (Lipinski definition) is 4. The summed E-state index contributed by atoms with van der Waals surface area (Å²) in [5.74, 6) is 0.393. The lowest BCUT2D eigenvalue weighted by Crippen LogP contribution is -1.76. The maximum absolute atomic E-state index is 5.92. The Bertz CT molecular complexity index is 551. The van der Waals surface area contributed by atoms with Crippen LogP contribution in [0.3, 0.4) is 0 Å². The van der Waals surface area contributed by atoms with E-state index in [4.69, 9.17) is 23.2 Å². The smallest absolute Gasteiger partial charge is 0.192 e. The number of rotatable bonds is 3. The van der Waals surface area contributed by atoms with Gasteiger partial charge in [0.2, 0.25) is 0 Å². The summed E-state index contributed by atoms with van der Waals surface area (Å²) < 4.78 is 0. The topological polar surface area (TPSA) is 37.6 Å². The molecule has 0 fully saturated rings. The number of thiophene rings is 1. The number of hydrogen-bond donors (Lipinski definition) is 0. The Morgan fingerprint density at radius 2 is 2.18 bits per heavy atom. The van der Waals surface area contributed by atoms with E-state index in [1.807, 2.05) is 6.07 Å². The molecular formula is C11H9Cl2N3S. The van der Waals surface area contributed by atoms with Crippen molar-refractivity contribution in [1.82, 2.24) is 4.98 Å². The number of aryl methyl sites for hydroxylation is 1. The average Bonchev–Trinajstić information content (AvgIpc) is 2.68. The minimum atomic E-state index is 0.393. The van der Waals surface area contributed by atoms with Gasteiger partial charge < -0.3 is 0 Å². The van der Waals surface area contributed by atoms with Crippen molar-refractivity contribution >= 4 is 40.4 Å². The number of aromatic nitrogens is 1. The van der Waals surface area contributed by atoms with Gasteiger partial charge in [0, 0.05) is 16.0 Å². The van der Waals surface area contributed by atoms with Crippen molar-refractivity contribution < 1.29 is 0 Å². The van der Waals surface area contributed by atoms with E-state index in [0.717, 1.165) is 4.88 Å². The molecule has 2 rings (SSSR count). The van der Waals surface area contributed by atoms with Gasteiger partial charge in [0.1, 0.15) is 0 Å². The number of halogens is 2. The van der Waals surface area contributed by atoms with Crippen molar-refractivity contribution in [2.45, 2.75) is 13.5 Å². The summed E-state index contributed by atoms with van der Waals surface area (Å²) in [7, 11) is 0. The highest BCUT2D eigenvalue weighted by atomic mass is 35.5. The van der Waals surface area contributed by atoms with Crippen LogP contribution < -0.4 is 0 Å². The average molecular weight is 286 g/mol. The maximum Gasteiger partial charge on any atom is 0.192 e. The molecule has 0 atom stereocenters. The fourth-order valence-corrected chi connectivity index (χ4v) is 2.45. The van der Waals surface area contributed by atoms with Crippen molar-refractivity contribution in [3.63, 3.8) is 0 Å². The molecule has 0 N–H and O–H groups in total. The zero-order valence-electron chi connectivity index (χ0n) is 9.02. The van der Waals surface area contributed by atoms with Crippen molar-refractivity contribution in [1.29, 1.82) is 0 Å². The third-order valence-electron chi connectivity index (χ3n) is 1.98. The van der Waals surface area contributed by atoms with Crippen LogP contribution in [0.5, 0.6) is 0 Å². The van der Waals surface area contributed by atoms with E-state index in [2.05, 4.69) is 28.2 Å². The second kappa shape index (κ2) is 5.58. The number of azo groups is 1. The summed E-state index contributed by atoms with van der Waals surface area (Å²) in [4.78, 5) is 6.42. The van der Waals surface area contributed by atoms with Gasteiger partial charge in [0.05, 0.1) is 16.6 Å². The fourth-order valence-electron chi connectivity index (χ4n) is 1.22. The Labute approximate surface area is 113 Å². The van der Waals surface area contributed by atoms with Gasteiger partial charge in [-0.1, -0.05) is 23.2 Å². The van der Waals surface area contributed by atoms with Crippen molar-refractivity contribution in [3.8, 4) is 0 Å². The first kappa shape index (κ1) is 12.5.